The van der Waals surface area contributed by atoms with E-state index < -0.39 is 18.0 Å². The van der Waals surface area contributed by atoms with Crippen LogP contribution in [0.1, 0.15) is 19.5 Å². The normalized spacial score (nSPS) is 30.4. The highest BCUT2D eigenvalue weighted by molar-refractivity contribution is 8.04. The zero-order valence-electron chi connectivity index (χ0n) is 15.3. The van der Waals surface area contributed by atoms with E-state index in [1.807, 2.05) is 18.4 Å². The van der Waals surface area contributed by atoms with Gasteiger partial charge in [-0.25, -0.2) is 9.78 Å². The van der Waals surface area contributed by atoms with Crippen LogP contribution in [0.3, 0.4) is 0 Å². The number of thioether (sulfide) groups is 1. The summed E-state index contributed by atoms with van der Waals surface area (Å²) >= 11 is 2.70. The standard InChI is InChI=1S/C18H21N3O5S2/c1-7-13-12(8(2)23)16(24)21(13)14(17(25)26)15(7)28-18-20-11(6-27-18)9-3-10(5-22)19-4-9/h3,6-8,10,12-13,19,22-23H,4-5H2,1-2H3,(H,25,26). The number of carboxylic acids is 1. The van der Waals surface area contributed by atoms with Gasteiger partial charge < -0.3 is 25.5 Å². The summed E-state index contributed by atoms with van der Waals surface area (Å²) in [5.74, 6) is -2.23. The molecule has 10 heteroatoms. The van der Waals surface area contributed by atoms with Gasteiger partial charge in [-0.15, -0.1) is 11.3 Å². The number of aromatic nitrogens is 1. The van der Waals surface area contributed by atoms with Gasteiger partial charge in [0.2, 0.25) is 5.91 Å². The topological polar surface area (TPSA) is 123 Å². The molecule has 1 saturated heterocycles. The first-order valence-corrected chi connectivity index (χ1v) is 10.7. The number of amides is 1. The van der Waals surface area contributed by atoms with Crippen molar-refractivity contribution in [3.05, 3.63) is 27.8 Å². The second-order valence-electron chi connectivity index (χ2n) is 7.23. The van der Waals surface area contributed by atoms with E-state index in [4.69, 9.17) is 0 Å². The lowest BCUT2D eigenvalue weighted by molar-refractivity contribution is -0.163. The number of aliphatic hydroxyl groups excluding tert-OH is 2. The summed E-state index contributed by atoms with van der Waals surface area (Å²) in [6.07, 6.45) is 1.13. The fraction of sp³-hybridized carbons (Fsp3) is 0.500. The van der Waals surface area contributed by atoms with Gasteiger partial charge in [-0.3, -0.25) is 4.79 Å². The number of nitrogens with zero attached hydrogens (tertiary/aromatic N) is 2. The number of hydrogen-bond donors (Lipinski definition) is 4. The molecule has 1 aromatic heterocycles. The number of nitrogens with one attached hydrogen (secondary N) is 1. The summed E-state index contributed by atoms with van der Waals surface area (Å²) in [7, 11) is 0. The molecule has 1 aromatic rings. The van der Waals surface area contributed by atoms with E-state index in [1.54, 1.807) is 6.92 Å². The smallest absolute Gasteiger partial charge is 0.353 e. The van der Waals surface area contributed by atoms with Gasteiger partial charge in [-0.1, -0.05) is 24.8 Å². The molecule has 5 atom stereocenters. The Bertz CT molecular complexity index is 894. The molecule has 0 bridgehead atoms. The van der Waals surface area contributed by atoms with Crippen LogP contribution in [0.5, 0.6) is 0 Å². The Morgan fingerprint density at radius 1 is 1.54 bits per heavy atom. The minimum atomic E-state index is -1.14. The van der Waals surface area contributed by atoms with Crippen LogP contribution in [0, 0.1) is 11.8 Å². The van der Waals surface area contributed by atoms with Gasteiger partial charge in [0, 0.05) is 28.8 Å². The Morgan fingerprint density at radius 3 is 2.89 bits per heavy atom. The first kappa shape index (κ1) is 19.6. The molecule has 8 nitrogen and oxygen atoms in total. The maximum atomic E-state index is 12.4. The lowest BCUT2D eigenvalue weighted by Crippen LogP contribution is -2.63. The van der Waals surface area contributed by atoms with Gasteiger partial charge in [0.25, 0.3) is 0 Å². The fourth-order valence-corrected chi connectivity index (χ4v) is 6.21. The third kappa shape index (κ3) is 3.00. The molecule has 1 amide bonds. The summed E-state index contributed by atoms with van der Waals surface area (Å²) in [6, 6.07) is -0.400. The zero-order chi connectivity index (χ0) is 20.2. The maximum Gasteiger partial charge on any atom is 0.353 e. The van der Waals surface area contributed by atoms with Crippen molar-refractivity contribution in [2.75, 3.05) is 13.2 Å². The lowest BCUT2D eigenvalue weighted by atomic mass is 9.79. The number of carbonyl (C=O) groups excluding carboxylic acids is 1. The number of aliphatic hydroxyl groups is 2. The second kappa shape index (κ2) is 7.27. The third-order valence-electron chi connectivity index (χ3n) is 5.47. The minimum absolute atomic E-state index is 0.00300. The molecule has 0 aromatic carbocycles. The van der Waals surface area contributed by atoms with Crippen LogP contribution in [0.4, 0.5) is 0 Å². The van der Waals surface area contributed by atoms with E-state index in [2.05, 4.69) is 10.3 Å². The average Bonchev–Trinajstić information content (AvgIpc) is 3.33. The molecule has 4 heterocycles. The van der Waals surface area contributed by atoms with Gasteiger partial charge in [0.1, 0.15) is 5.70 Å². The maximum absolute atomic E-state index is 12.4. The number of hydrogen-bond acceptors (Lipinski definition) is 8. The van der Waals surface area contributed by atoms with E-state index in [0.717, 1.165) is 11.3 Å². The molecule has 28 heavy (non-hydrogen) atoms. The highest BCUT2D eigenvalue weighted by atomic mass is 32.2. The molecule has 3 aliphatic rings. The predicted molar refractivity (Wildman–Crippen MR) is 104 cm³/mol. The summed E-state index contributed by atoms with van der Waals surface area (Å²) < 4.78 is 0.701. The number of carboxylic acid groups (broad SMARTS) is 1. The lowest BCUT2D eigenvalue weighted by Gasteiger charge is -2.46. The van der Waals surface area contributed by atoms with Gasteiger partial charge >= 0.3 is 5.97 Å². The molecular weight excluding hydrogens is 402 g/mol. The molecule has 0 aliphatic carbocycles. The third-order valence-corrected chi connectivity index (χ3v) is 7.70. The van der Waals surface area contributed by atoms with Crippen molar-refractivity contribution in [2.45, 2.75) is 36.4 Å². The molecule has 150 valence electrons. The van der Waals surface area contributed by atoms with Crippen molar-refractivity contribution in [2.24, 2.45) is 11.8 Å². The molecule has 0 saturated carbocycles. The molecule has 0 radical (unpaired) electrons. The molecule has 1 fully saturated rings. The molecule has 5 unspecified atom stereocenters. The van der Waals surface area contributed by atoms with Crippen molar-refractivity contribution in [3.63, 3.8) is 0 Å². The molecule has 0 spiro atoms. The zero-order valence-corrected chi connectivity index (χ0v) is 17.0. The largest absolute Gasteiger partial charge is 0.477 e. The predicted octanol–water partition coefficient (Wildman–Crippen LogP) is 0.736. The van der Waals surface area contributed by atoms with Gasteiger partial charge in [0.15, 0.2) is 4.34 Å². The van der Waals surface area contributed by atoms with Gasteiger partial charge in [-0.05, 0) is 12.5 Å². The monoisotopic (exact) mass is 423 g/mol. The van der Waals surface area contributed by atoms with Crippen LogP contribution in [0.15, 0.2) is 26.4 Å². The Hall–Kier alpha value is -1.72. The van der Waals surface area contributed by atoms with Crippen LogP contribution in [-0.4, -0.2) is 68.4 Å². The molecule has 4 rings (SSSR count). The Labute approximate surface area is 170 Å². The Balaban J connectivity index is 1.59. The first-order valence-electron chi connectivity index (χ1n) is 9.00. The summed E-state index contributed by atoms with van der Waals surface area (Å²) in [5.41, 5.74) is 1.81. The van der Waals surface area contributed by atoms with Crippen LogP contribution < -0.4 is 5.32 Å². The number of thiazole rings is 1. The second-order valence-corrected chi connectivity index (χ2v) is 9.38. The van der Waals surface area contributed by atoms with E-state index in [0.29, 0.717) is 15.8 Å². The highest BCUT2D eigenvalue weighted by Crippen LogP contribution is 2.52. The van der Waals surface area contributed by atoms with E-state index in [1.165, 1.54) is 28.0 Å². The quantitative estimate of drug-likeness (QED) is 0.494. The molecule has 3 aliphatic heterocycles. The highest BCUT2D eigenvalue weighted by Gasteiger charge is 2.60. The summed E-state index contributed by atoms with van der Waals surface area (Å²) in [5, 5.41) is 33.9. The SMILES string of the molecule is CC(O)C1C(=O)N2C(C(=O)O)=C(Sc3nc(C4=CC(CO)NC4)cs3)C(C)C12. The molecule has 4 N–H and O–H groups in total. The van der Waals surface area contributed by atoms with Crippen LogP contribution >= 0.6 is 23.1 Å². The van der Waals surface area contributed by atoms with Crippen LogP contribution in [-0.2, 0) is 9.59 Å². The number of carbonyl (C=O) groups is 2. The number of aliphatic carboxylic acids is 1. The van der Waals surface area contributed by atoms with Crippen molar-refractivity contribution >= 4 is 40.5 Å². The summed E-state index contributed by atoms with van der Waals surface area (Å²) in [4.78, 5) is 30.8. The fourth-order valence-electron chi connectivity index (χ4n) is 4.10. The molecular formula is C18H21N3O5S2. The Morgan fingerprint density at radius 2 is 2.29 bits per heavy atom. The number of β-lactam (4-membered cyclic amide) rings is 1. The van der Waals surface area contributed by atoms with E-state index in [9.17, 15) is 24.9 Å². The van der Waals surface area contributed by atoms with Crippen molar-refractivity contribution < 1.29 is 24.9 Å². The van der Waals surface area contributed by atoms with Crippen molar-refractivity contribution in [1.82, 2.24) is 15.2 Å². The summed E-state index contributed by atoms with van der Waals surface area (Å²) in [6.45, 7) is 4.10. The number of fused-ring (bicyclic) bond motifs is 1. The van der Waals surface area contributed by atoms with Crippen LogP contribution in [0.25, 0.3) is 5.57 Å². The van der Waals surface area contributed by atoms with Crippen molar-refractivity contribution in [3.8, 4) is 0 Å². The van der Waals surface area contributed by atoms with E-state index >= 15 is 0 Å². The van der Waals surface area contributed by atoms with Crippen molar-refractivity contribution in [1.29, 1.82) is 0 Å². The van der Waals surface area contributed by atoms with E-state index in [-0.39, 0.29) is 36.2 Å². The minimum Gasteiger partial charge on any atom is -0.477 e. The number of rotatable bonds is 6. The van der Waals surface area contributed by atoms with Gasteiger partial charge in [0.05, 0.1) is 30.4 Å². The first-order chi connectivity index (χ1) is 13.3. The Kier molecular flexibility index (Phi) is 5.09. The van der Waals surface area contributed by atoms with Gasteiger partial charge in [-0.2, -0.15) is 0 Å². The average molecular weight is 424 g/mol. The van der Waals surface area contributed by atoms with Crippen LogP contribution in [0.2, 0.25) is 0 Å².